The number of halogens is 2. The summed E-state index contributed by atoms with van der Waals surface area (Å²) in [5.74, 6) is -1.22. The molecule has 0 saturated heterocycles. The molecule has 0 fully saturated rings. The van der Waals surface area contributed by atoms with Crippen molar-refractivity contribution < 1.29 is 58.8 Å². The number of fused-ring (bicyclic) bond motifs is 1. The van der Waals surface area contributed by atoms with Gasteiger partial charge in [-0.1, -0.05) is 35.3 Å². The largest absolute Gasteiger partial charge is 1.00 e. The summed E-state index contributed by atoms with van der Waals surface area (Å²) in [5, 5.41) is 21.5. The third-order valence-corrected chi connectivity index (χ3v) is 6.04. The molecule has 0 radical (unpaired) electrons. The molecule has 0 aromatic heterocycles. The van der Waals surface area contributed by atoms with Crippen LogP contribution >= 0.6 is 23.2 Å². The first-order valence-electron chi connectivity index (χ1n) is 10.5. The molecule has 1 N–H and O–H groups in total. The summed E-state index contributed by atoms with van der Waals surface area (Å²) < 4.78 is 11.4. The number of amides is 1. The third-order valence-electron chi connectivity index (χ3n) is 5.43. The predicted octanol–water partition coefficient (Wildman–Crippen LogP) is 1.04. The average molecular weight is 524 g/mol. The van der Waals surface area contributed by atoms with Crippen LogP contribution in [0.3, 0.4) is 0 Å². The van der Waals surface area contributed by atoms with Gasteiger partial charge in [-0.2, -0.15) is 0 Å². The summed E-state index contributed by atoms with van der Waals surface area (Å²) in [7, 11) is 0. The summed E-state index contributed by atoms with van der Waals surface area (Å²) in [6.07, 6.45) is 0.308. The van der Waals surface area contributed by atoms with Gasteiger partial charge in [0.25, 0.3) is 5.91 Å². The van der Waals surface area contributed by atoms with E-state index in [0.29, 0.717) is 39.8 Å². The van der Waals surface area contributed by atoms with Crippen LogP contribution < -0.4 is 49.0 Å². The Balaban J connectivity index is 0.00000342. The normalized spacial score (nSPS) is 14.2. The molecule has 1 atom stereocenters. The van der Waals surface area contributed by atoms with Crippen LogP contribution in [0.1, 0.15) is 28.3 Å². The van der Waals surface area contributed by atoms with Crippen LogP contribution in [-0.2, 0) is 4.79 Å². The number of carbonyl (C=O) groups is 2. The van der Waals surface area contributed by atoms with E-state index in [4.69, 9.17) is 32.7 Å². The molecule has 1 aliphatic rings. The molecule has 1 aliphatic heterocycles. The SMILES string of the molecule is O=C([O-])C1CCOc2cc(Oc3ccc(C(=O)N(CCO)c4ccccc4Cl)cc3)c(Cl)cc21.[Na+]. The summed E-state index contributed by atoms with van der Waals surface area (Å²) in [4.78, 5) is 25.9. The van der Waals surface area contributed by atoms with Crippen LogP contribution in [-0.4, -0.2) is 36.7 Å². The Morgan fingerprint density at radius 1 is 1.09 bits per heavy atom. The average Bonchev–Trinajstić information content (AvgIpc) is 2.83. The van der Waals surface area contributed by atoms with Gasteiger partial charge in [-0.3, -0.25) is 4.79 Å². The number of carboxylic acid groups (broad SMARTS) is 1. The molecule has 0 saturated carbocycles. The van der Waals surface area contributed by atoms with Gasteiger partial charge in [0.05, 0.1) is 28.9 Å². The fourth-order valence-corrected chi connectivity index (χ4v) is 4.21. The zero-order valence-corrected chi connectivity index (χ0v) is 22.4. The molecular formula is C25H20Cl2NNaO6. The van der Waals surface area contributed by atoms with Gasteiger partial charge in [0, 0.05) is 35.6 Å². The summed E-state index contributed by atoms with van der Waals surface area (Å²) in [6.45, 7) is 0.105. The first kappa shape index (κ1) is 27.3. The molecule has 0 aliphatic carbocycles. The van der Waals surface area contributed by atoms with Crippen molar-refractivity contribution in [2.45, 2.75) is 12.3 Å². The minimum absolute atomic E-state index is 0. The van der Waals surface area contributed by atoms with E-state index >= 15 is 0 Å². The third kappa shape index (κ3) is 6.12. The number of aliphatic hydroxyl groups is 1. The summed E-state index contributed by atoms with van der Waals surface area (Å²) >= 11 is 12.6. The zero-order valence-electron chi connectivity index (χ0n) is 18.9. The molecule has 3 aromatic carbocycles. The number of benzene rings is 3. The van der Waals surface area contributed by atoms with E-state index < -0.39 is 11.9 Å². The molecule has 7 nitrogen and oxygen atoms in total. The van der Waals surface area contributed by atoms with E-state index in [0.717, 1.165) is 0 Å². The van der Waals surface area contributed by atoms with Crippen molar-refractivity contribution in [3.05, 3.63) is 81.8 Å². The van der Waals surface area contributed by atoms with E-state index in [2.05, 4.69) is 0 Å². The number of carboxylic acids is 1. The first-order chi connectivity index (χ1) is 16.4. The molecule has 4 rings (SSSR count). The van der Waals surface area contributed by atoms with Gasteiger partial charge in [0.2, 0.25) is 0 Å². The van der Waals surface area contributed by atoms with Gasteiger partial charge in [-0.25, -0.2) is 0 Å². The fourth-order valence-electron chi connectivity index (χ4n) is 3.76. The van der Waals surface area contributed by atoms with Crippen LogP contribution in [0.25, 0.3) is 0 Å². The molecule has 0 spiro atoms. The van der Waals surface area contributed by atoms with E-state index in [1.807, 2.05) is 0 Å². The van der Waals surface area contributed by atoms with E-state index in [9.17, 15) is 19.8 Å². The van der Waals surface area contributed by atoms with E-state index in [1.165, 1.54) is 11.0 Å². The zero-order chi connectivity index (χ0) is 24.2. The summed E-state index contributed by atoms with van der Waals surface area (Å²) in [6, 6.07) is 16.4. The summed E-state index contributed by atoms with van der Waals surface area (Å²) in [5.41, 5.74) is 1.32. The quantitative estimate of drug-likeness (QED) is 0.464. The van der Waals surface area contributed by atoms with Crippen molar-refractivity contribution in [1.82, 2.24) is 0 Å². The second kappa shape index (κ2) is 12.1. The molecular weight excluding hydrogens is 504 g/mol. The standard InChI is InChI=1S/C25H21Cl2NO6.Na/c26-19-3-1-2-4-21(19)28(10-11-29)24(30)15-5-7-16(8-6-15)34-23-14-22-18(13-20(23)27)17(25(31)32)9-12-33-22;/h1-8,13-14,17,29H,9-12H2,(H,31,32);/q;+1/p-1. The van der Waals surface area contributed by atoms with Gasteiger partial charge in [0.1, 0.15) is 17.2 Å². The number of aliphatic hydroxyl groups excluding tert-OH is 1. The van der Waals surface area contributed by atoms with Crippen LogP contribution in [0.4, 0.5) is 5.69 Å². The Morgan fingerprint density at radius 2 is 1.80 bits per heavy atom. The minimum Gasteiger partial charge on any atom is -0.549 e. The number of nitrogens with zero attached hydrogens (tertiary/aromatic N) is 1. The molecule has 1 unspecified atom stereocenters. The Bertz CT molecular complexity index is 1220. The molecule has 1 amide bonds. The second-order valence-electron chi connectivity index (χ2n) is 7.59. The molecule has 176 valence electrons. The Hall–Kier alpha value is -2.26. The topological polar surface area (TPSA) is 99.1 Å². The molecule has 3 aromatic rings. The molecule has 10 heteroatoms. The molecule has 35 heavy (non-hydrogen) atoms. The number of para-hydroxylation sites is 1. The number of hydrogen-bond donors (Lipinski definition) is 1. The van der Waals surface area contributed by atoms with Crippen molar-refractivity contribution >= 4 is 40.8 Å². The van der Waals surface area contributed by atoms with Crippen molar-refractivity contribution in [3.63, 3.8) is 0 Å². The van der Waals surface area contributed by atoms with Crippen molar-refractivity contribution in [3.8, 4) is 17.2 Å². The fraction of sp³-hybridized carbons (Fsp3) is 0.200. The maximum atomic E-state index is 13.1. The van der Waals surface area contributed by atoms with Gasteiger partial charge in [0.15, 0.2) is 0 Å². The Kier molecular flexibility index (Phi) is 9.47. The number of rotatable bonds is 7. The van der Waals surface area contributed by atoms with Crippen LogP contribution in [0.5, 0.6) is 17.2 Å². The predicted molar refractivity (Wildman–Crippen MR) is 126 cm³/mol. The number of ether oxygens (including phenoxy) is 2. The number of carbonyl (C=O) groups excluding carboxylic acids is 2. The molecule has 0 bridgehead atoms. The molecule has 1 heterocycles. The number of hydrogen-bond acceptors (Lipinski definition) is 6. The van der Waals surface area contributed by atoms with Crippen LogP contribution in [0.15, 0.2) is 60.7 Å². The van der Waals surface area contributed by atoms with Gasteiger partial charge >= 0.3 is 29.6 Å². The van der Waals surface area contributed by atoms with Gasteiger partial charge in [-0.15, -0.1) is 0 Å². The maximum absolute atomic E-state index is 13.1. The Morgan fingerprint density at radius 3 is 2.46 bits per heavy atom. The van der Waals surface area contributed by atoms with E-state index in [-0.39, 0.29) is 66.0 Å². The number of anilines is 1. The van der Waals surface area contributed by atoms with Gasteiger partial charge in [-0.05, 0) is 48.9 Å². The van der Waals surface area contributed by atoms with Crippen molar-refractivity contribution in [2.75, 3.05) is 24.7 Å². The minimum atomic E-state index is -1.18. The smallest absolute Gasteiger partial charge is 0.549 e. The van der Waals surface area contributed by atoms with Crippen LogP contribution in [0.2, 0.25) is 10.0 Å². The van der Waals surface area contributed by atoms with Crippen molar-refractivity contribution in [2.24, 2.45) is 0 Å². The Labute approximate surface area is 234 Å². The van der Waals surface area contributed by atoms with Gasteiger partial charge < -0.3 is 29.4 Å². The monoisotopic (exact) mass is 523 g/mol. The second-order valence-corrected chi connectivity index (χ2v) is 8.40. The number of aliphatic carboxylic acids is 1. The van der Waals surface area contributed by atoms with Crippen molar-refractivity contribution in [1.29, 1.82) is 0 Å². The first-order valence-corrected chi connectivity index (χ1v) is 11.3. The maximum Gasteiger partial charge on any atom is 1.00 e. The van der Waals surface area contributed by atoms with Crippen LogP contribution in [0, 0.1) is 0 Å². The van der Waals surface area contributed by atoms with E-state index in [1.54, 1.807) is 54.6 Å².